The van der Waals surface area contributed by atoms with Crippen LogP contribution in [-0.2, 0) is 10.5 Å². The largest absolute Gasteiger partial charge is 0.488 e. The van der Waals surface area contributed by atoms with Crippen molar-refractivity contribution in [3.05, 3.63) is 42.0 Å². The van der Waals surface area contributed by atoms with Gasteiger partial charge in [-0.25, -0.2) is 0 Å². The summed E-state index contributed by atoms with van der Waals surface area (Å²) in [4.78, 5) is 0. The van der Waals surface area contributed by atoms with Crippen LogP contribution in [0.3, 0.4) is 0 Å². The SMILES string of the molecule is N#Cc1ccc(OS(=O)(=O)F)c2ccccc12. The number of rotatable bonds is 2. The van der Waals surface area contributed by atoms with Gasteiger partial charge in [0.05, 0.1) is 11.6 Å². The minimum Gasteiger partial charge on any atom is -0.358 e. The van der Waals surface area contributed by atoms with Crippen molar-refractivity contribution < 1.29 is 16.5 Å². The number of nitriles is 1. The van der Waals surface area contributed by atoms with Gasteiger partial charge in [0.1, 0.15) is 0 Å². The molecule has 0 saturated heterocycles. The maximum Gasteiger partial charge on any atom is 0.488 e. The van der Waals surface area contributed by atoms with E-state index in [1.54, 1.807) is 24.3 Å². The van der Waals surface area contributed by atoms with Crippen molar-refractivity contribution in [2.24, 2.45) is 0 Å². The number of halogens is 1. The van der Waals surface area contributed by atoms with Crippen LogP contribution >= 0.6 is 0 Å². The summed E-state index contributed by atoms with van der Waals surface area (Å²) in [5.74, 6) is -0.137. The molecule has 0 aliphatic heterocycles. The molecule has 0 heterocycles. The number of fused-ring (bicyclic) bond motifs is 1. The van der Waals surface area contributed by atoms with E-state index in [0.29, 0.717) is 16.3 Å². The van der Waals surface area contributed by atoms with Gasteiger partial charge in [0.2, 0.25) is 0 Å². The molecule has 0 aliphatic carbocycles. The molecule has 2 aromatic rings. The fraction of sp³-hybridized carbons (Fsp3) is 0. The summed E-state index contributed by atoms with van der Waals surface area (Å²) < 4.78 is 37.6. The molecular formula is C11H6FNO3S. The van der Waals surface area contributed by atoms with Crippen LogP contribution in [0.1, 0.15) is 5.56 Å². The van der Waals surface area contributed by atoms with Gasteiger partial charge < -0.3 is 4.18 Å². The molecular weight excluding hydrogens is 245 g/mol. The molecule has 86 valence electrons. The Kier molecular flexibility index (Phi) is 2.69. The smallest absolute Gasteiger partial charge is 0.358 e. The molecule has 17 heavy (non-hydrogen) atoms. The molecule has 0 unspecified atom stereocenters. The van der Waals surface area contributed by atoms with Crippen LogP contribution in [0.4, 0.5) is 3.89 Å². The number of hydrogen-bond donors (Lipinski definition) is 0. The third kappa shape index (κ3) is 2.34. The standard InChI is InChI=1S/C11H6FNO3S/c12-17(14,15)16-11-6-5-8(7-13)9-3-1-2-4-10(9)11/h1-6H. The summed E-state index contributed by atoms with van der Waals surface area (Å²) in [5.41, 5.74) is 0.365. The summed E-state index contributed by atoms with van der Waals surface area (Å²) in [6.45, 7) is 0. The Balaban J connectivity index is 2.72. The third-order valence-electron chi connectivity index (χ3n) is 2.19. The zero-order valence-corrected chi connectivity index (χ0v) is 9.24. The summed E-state index contributed by atoms with van der Waals surface area (Å²) in [7, 11) is -5.07. The van der Waals surface area contributed by atoms with Gasteiger partial charge in [0, 0.05) is 10.8 Å². The highest BCUT2D eigenvalue weighted by Gasteiger charge is 2.13. The van der Waals surface area contributed by atoms with E-state index in [1.165, 1.54) is 12.1 Å². The van der Waals surface area contributed by atoms with Crippen molar-refractivity contribution in [2.45, 2.75) is 0 Å². The van der Waals surface area contributed by atoms with Crippen molar-refractivity contribution in [1.82, 2.24) is 0 Å². The fourth-order valence-electron chi connectivity index (χ4n) is 1.55. The topological polar surface area (TPSA) is 67.2 Å². The van der Waals surface area contributed by atoms with Crippen molar-refractivity contribution in [2.75, 3.05) is 0 Å². The predicted molar refractivity (Wildman–Crippen MR) is 59.3 cm³/mol. The second kappa shape index (κ2) is 4.03. The van der Waals surface area contributed by atoms with Crippen LogP contribution in [0, 0.1) is 11.3 Å². The fourth-order valence-corrected chi connectivity index (χ4v) is 1.91. The van der Waals surface area contributed by atoms with Gasteiger partial charge in [-0.1, -0.05) is 28.2 Å². The van der Waals surface area contributed by atoms with Crippen LogP contribution < -0.4 is 4.18 Å². The zero-order valence-electron chi connectivity index (χ0n) is 8.42. The summed E-state index contributed by atoms with van der Waals surface area (Å²) in [6, 6.07) is 11.1. The van der Waals surface area contributed by atoms with E-state index in [-0.39, 0.29) is 5.75 Å². The minimum atomic E-state index is -5.07. The quantitative estimate of drug-likeness (QED) is 0.768. The molecule has 0 aromatic heterocycles. The zero-order chi connectivity index (χ0) is 12.5. The second-order valence-corrected chi connectivity index (χ2v) is 4.20. The van der Waals surface area contributed by atoms with Crippen LogP contribution in [0.15, 0.2) is 36.4 Å². The molecule has 2 aromatic carbocycles. The second-order valence-electron chi connectivity index (χ2n) is 3.25. The Hall–Kier alpha value is -2.13. The summed E-state index contributed by atoms with van der Waals surface area (Å²) in [6.07, 6.45) is 0. The van der Waals surface area contributed by atoms with Crippen molar-refractivity contribution in [1.29, 1.82) is 5.26 Å². The molecule has 0 amide bonds. The van der Waals surface area contributed by atoms with Gasteiger partial charge >= 0.3 is 10.5 Å². The number of hydrogen-bond acceptors (Lipinski definition) is 4. The van der Waals surface area contributed by atoms with E-state index >= 15 is 0 Å². The van der Waals surface area contributed by atoms with Gasteiger partial charge in [-0.3, -0.25) is 0 Å². The highest BCUT2D eigenvalue weighted by Crippen LogP contribution is 2.29. The average molecular weight is 251 g/mol. The normalized spacial score (nSPS) is 11.1. The maximum atomic E-state index is 12.5. The monoisotopic (exact) mass is 251 g/mol. The molecule has 0 N–H and O–H groups in total. The first kappa shape index (κ1) is 11.4. The van der Waals surface area contributed by atoms with E-state index in [4.69, 9.17) is 5.26 Å². The van der Waals surface area contributed by atoms with E-state index in [2.05, 4.69) is 4.18 Å². The van der Waals surface area contributed by atoms with Crippen LogP contribution in [0.2, 0.25) is 0 Å². The number of nitrogens with zero attached hydrogens (tertiary/aromatic N) is 1. The molecule has 6 heteroatoms. The van der Waals surface area contributed by atoms with Crippen molar-refractivity contribution in [3.8, 4) is 11.8 Å². The summed E-state index contributed by atoms with van der Waals surface area (Å²) >= 11 is 0. The Bertz CT molecular complexity index is 719. The molecule has 0 radical (unpaired) electrons. The first-order valence-corrected chi connectivity index (χ1v) is 5.88. The molecule has 2 rings (SSSR count). The minimum absolute atomic E-state index is 0.137. The Morgan fingerprint density at radius 2 is 1.76 bits per heavy atom. The van der Waals surface area contributed by atoms with E-state index in [9.17, 15) is 12.3 Å². The van der Waals surface area contributed by atoms with Gasteiger partial charge in [-0.15, -0.1) is 0 Å². The van der Waals surface area contributed by atoms with Crippen molar-refractivity contribution >= 4 is 21.3 Å². The van der Waals surface area contributed by atoms with E-state index in [1.807, 2.05) is 6.07 Å². The van der Waals surface area contributed by atoms with Crippen LogP contribution in [0.5, 0.6) is 5.75 Å². The van der Waals surface area contributed by atoms with Crippen molar-refractivity contribution in [3.63, 3.8) is 0 Å². The van der Waals surface area contributed by atoms with Crippen LogP contribution in [-0.4, -0.2) is 8.42 Å². The lowest BCUT2D eigenvalue weighted by molar-refractivity contribution is 0.442. The highest BCUT2D eigenvalue weighted by atomic mass is 32.3. The molecule has 4 nitrogen and oxygen atoms in total. The van der Waals surface area contributed by atoms with E-state index in [0.717, 1.165) is 0 Å². The molecule has 0 spiro atoms. The van der Waals surface area contributed by atoms with Gasteiger partial charge in [-0.05, 0) is 12.1 Å². The molecule has 0 aliphatic rings. The summed E-state index contributed by atoms with van der Waals surface area (Å²) in [5, 5.41) is 9.75. The van der Waals surface area contributed by atoms with Gasteiger partial charge in [0.15, 0.2) is 5.75 Å². The Morgan fingerprint density at radius 1 is 1.12 bits per heavy atom. The van der Waals surface area contributed by atoms with Gasteiger partial charge in [-0.2, -0.15) is 13.7 Å². The third-order valence-corrected chi connectivity index (χ3v) is 2.57. The molecule has 0 fully saturated rings. The molecule has 0 atom stereocenters. The number of benzene rings is 2. The van der Waals surface area contributed by atoms with Crippen LogP contribution in [0.25, 0.3) is 10.8 Å². The first-order valence-electron chi connectivity index (χ1n) is 4.57. The molecule has 0 bridgehead atoms. The Labute approximate surface area is 97.3 Å². The predicted octanol–water partition coefficient (Wildman–Crippen LogP) is 2.30. The lowest BCUT2D eigenvalue weighted by Crippen LogP contribution is -2.01. The highest BCUT2D eigenvalue weighted by molar-refractivity contribution is 7.81. The van der Waals surface area contributed by atoms with E-state index < -0.39 is 10.5 Å². The first-order chi connectivity index (χ1) is 8.01. The molecule has 0 saturated carbocycles. The lowest BCUT2D eigenvalue weighted by atomic mass is 10.0. The average Bonchev–Trinajstić information content (AvgIpc) is 2.28. The van der Waals surface area contributed by atoms with Gasteiger partial charge in [0.25, 0.3) is 0 Å². The lowest BCUT2D eigenvalue weighted by Gasteiger charge is -2.05. The maximum absolute atomic E-state index is 12.5. The Morgan fingerprint density at radius 3 is 2.35 bits per heavy atom.